The number of aromatic nitrogens is 1. The topological polar surface area (TPSA) is 46.2 Å². The van der Waals surface area contributed by atoms with Gasteiger partial charge in [-0.3, -0.25) is 0 Å². The summed E-state index contributed by atoms with van der Waals surface area (Å²) >= 11 is 12.2. The molecule has 0 aliphatic rings. The van der Waals surface area contributed by atoms with E-state index >= 15 is 0 Å². The minimum absolute atomic E-state index is 0.442. The lowest BCUT2D eigenvalue weighted by Crippen LogP contribution is -2.01. The van der Waals surface area contributed by atoms with Crippen LogP contribution in [0.25, 0.3) is 0 Å². The number of methoxy groups -OCH3 is 1. The molecule has 0 radical (unpaired) electrons. The predicted octanol–water partition coefficient (Wildman–Crippen LogP) is 4.49. The maximum absolute atomic E-state index is 6.17. The van der Waals surface area contributed by atoms with E-state index in [-0.39, 0.29) is 0 Å². The molecule has 4 nitrogen and oxygen atoms in total. The Morgan fingerprint density at radius 2 is 1.80 bits per heavy atom. The van der Waals surface area contributed by atoms with Crippen molar-refractivity contribution in [2.75, 3.05) is 24.8 Å². The Labute approximate surface area is 128 Å². The summed E-state index contributed by atoms with van der Waals surface area (Å²) in [5.74, 6) is 1.80. The third-order valence-corrected chi connectivity index (χ3v) is 3.35. The number of nitrogens with zero attached hydrogens (tertiary/aromatic N) is 1. The van der Waals surface area contributed by atoms with Crippen molar-refractivity contribution in [3.8, 4) is 5.75 Å². The smallest absolute Gasteiger partial charge is 0.151 e. The van der Waals surface area contributed by atoms with Gasteiger partial charge < -0.3 is 15.4 Å². The van der Waals surface area contributed by atoms with E-state index in [0.717, 1.165) is 17.0 Å². The van der Waals surface area contributed by atoms with Crippen LogP contribution in [-0.4, -0.2) is 19.1 Å². The monoisotopic (exact) mass is 311 g/mol. The van der Waals surface area contributed by atoms with E-state index in [1.165, 1.54) is 0 Å². The summed E-state index contributed by atoms with van der Waals surface area (Å²) < 4.78 is 5.32. The van der Waals surface area contributed by atoms with Crippen molar-refractivity contribution >= 4 is 40.5 Å². The van der Waals surface area contributed by atoms with E-state index in [1.54, 1.807) is 20.2 Å². The fraction of sp³-hybridized carbons (Fsp3) is 0.214. The van der Waals surface area contributed by atoms with E-state index in [2.05, 4.69) is 15.6 Å². The normalized spacial score (nSPS) is 10.2. The zero-order valence-electron chi connectivity index (χ0n) is 11.4. The van der Waals surface area contributed by atoms with Crippen molar-refractivity contribution in [2.24, 2.45) is 0 Å². The Morgan fingerprint density at radius 3 is 2.45 bits per heavy atom. The number of anilines is 3. The molecule has 2 N–H and O–H groups in total. The SMILES string of the molecule is CNc1nc(Nc2cc(C)ccc2OC)c(Cl)cc1Cl. The Morgan fingerprint density at radius 1 is 1.10 bits per heavy atom. The fourth-order valence-electron chi connectivity index (χ4n) is 1.78. The highest BCUT2D eigenvalue weighted by molar-refractivity contribution is 6.37. The first-order valence-electron chi connectivity index (χ1n) is 6.00. The molecule has 0 spiro atoms. The number of hydrogen-bond acceptors (Lipinski definition) is 4. The van der Waals surface area contributed by atoms with E-state index < -0.39 is 0 Å². The number of hydrogen-bond donors (Lipinski definition) is 2. The van der Waals surface area contributed by atoms with Crippen molar-refractivity contribution in [1.82, 2.24) is 4.98 Å². The molecule has 1 heterocycles. The molecule has 0 amide bonds. The maximum atomic E-state index is 6.17. The number of nitrogens with one attached hydrogen (secondary N) is 2. The summed E-state index contributed by atoms with van der Waals surface area (Å²) in [6, 6.07) is 7.47. The Kier molecular flexibility index (Phi) is 4.57. The van der Waals surface area contributed by atoms with Crippen LogP contribution in [0.4, 0.5) is 17.3 Å². The van der Waals surface area contributed by atoms with Crippen LogP contribution in [0.15, 0.2) is 24.3 Å². The fourth-order valence-corrected chi connectivity index (χ4v) is 2.28. The zero-order chi connectivity index (χ0) is 14.7. The van der Waals surface area contributed by atoms with Gasteiger partial charge in [0.2, 0.25) is 0 Å². The van der Waals surface area contributed by atoms with Crippen molar-refractivity contribution < 1.29 is 4.74 Å². The molecule has 6 heteroatoms. The molecule has 2 rings (SSSR count). The minimum atomic E-state index is 0.442. The number of ether oxygens (including phenoxy) is 1. The lowest BCUT2D eigenvalue weighted by atomic mass is 10.2. The van der Waals surface area contributed by atoms with Crippen LogP contribution in [-0.2, 0) is 0 Å². The Bertz CT molecular complexity index is 632. The third kappa shape index (κ3) is 3.08. The standard InChI is InChI=1S/C14H15Cl2N3O/c1-8-4-5-12(20-3)11(6-8)18-14-10(16)7-9(15)13(17-2)19-14/h4-7H,1-3H3,(H2,17,18,19). The van der Waals surface area contributed by atoms with E-state index in [0.29, 0.717) is 21.7 Å². The van der Waals surface area contributed by atoms with Crippen molar-refractivity contribution in [2.45, 2.75) is 6.92 Å². The van der Waals surface area contributed by atoms with Gasteiger partial charge in [0, 0.05) is 7.05 Å². The Hall–Kier alpha value is -1.65. The van der Waals surface area contributed by atoms with Crippen molar-refractivity contribution in [3.63, 3.8) is 0 Å². The molecule has 0 unspecified atom stereocenters. The highest BCUT2D eigenvalue weighted by Gasteiger charge is 2.11. The number of rotatable bonds is 4. The molecule has 0 bridgehead atoms. The summed E-state index contributed by atoms with van der Waals surface area (Å²) in [7, 11) is 3.37. The van der Waals surface area contributed by atoms with Gasteiger partial charge >= 0.3 is 0 Å². The summed E-state index contributed by atoms with van der Waals surface area (Å²) in [5.41, 5.74) is 1.90. The first-order valence-corrected chi connectivity index (χ1v) is 6.76. The van der Waals surface area contributed by atoms with Crippen molar-refractivity contribution in [3.05, 3.63) is 39.9 Å². The molecule has 0 fully saturated rings. The molecule has 2 aromatic rings. The van der Waals surface area contributed by atoms with Crippen LogP contribution in [0.2, 0.25) is 10.0 Å². The lowest BCUT2D eigenvalue weighted by molar-refractivity contribution is 0.416. The average molecular weight is 312 g/mol. The van der Waals surface area contributed by atoms with Crippen LogP contribution in [0.5, 0.6) is 5.75 Å². The largest absolute Gasteiger partial charge is 0.495 e. The van der Waals surface area contributed by atoms with Crippen LogP contribution in [0, 0.1) is 6.92 Å². The van der Waals surface area contributed by atoms with Crippen LogP contribution in [0.3, 0.4) is 0 Å². The predicted molar refractivity (Wildman–Crippen MR) is 84.8 cm³/mol. The molecule has 0 aliphatic carbocycles. The van der Waals surface area contributed by atoms with Gasteiger partial charge in [0.1, 0.15) is 11.6 Å². The lowest BCUT2D eigenvalue weighted by Gasteiger charge is -2.14. The molecular weight excluding hydrogens is 297 g/mol. The van der Waals surface area contributed by atoms with E-state index in [4.69, 9.17) is 27.9 Å². The molecule has 106 valence electrons. The zero-order valence-corrected chi connectivity index (χ0v) is 12.9. The van der Waals surface area contributed by atoms with E-state index in [1.807, 2.05) is 25.1 Å². The van der Waals surface area contributed by atoms with Gasteiger partial charge in [-0.25, -0.2) is 4.98 Å². The third-order valence-electron chi connectivity index (χ3n) is 2.77. The highest BCUT2D eigenvalue weighted by Crippen LogP contribution is 2.34. The second kappa shape index (κ2) is 6.20. The van der Waals surface area contributed by atoms with Gasteiger partial charge in [0.05, 0.1) is 22.8 Å². The van der Waals surface area contributed by atoms with Gasteiger partial charge in [-0.15, -0.1) is 0 Å². The first kappa shape index (κ1) is 14.8. The first-order chi connectivity index (χ1) is 9.55. The molecular formula is C14H15Cl2N3O. The second-order valence-electron chi connectivity index (χ2n) is 4.23. The molecule has 1 aromatic carbocycles. The number of pyridine rings is 1. The number of benzene rings is 1. The summed E-state index contributed by atoms with van der Waals surface area (Å²) in [6.07, 6.45) is 0. The van der Waals surface area contributed by atoms with Gasteiger partial charge in [0.25, 0.3) is 0 Å². The maximum Gasteiger partial charge on any atom is 0.151 e. The van der Waals surface area contributed by atoms with Gasteiger partial charge in [-0.2, -0.15) is 0 Å². The molecule has 0 saturated carbocycles. The molecule has 0 saturated heterocycles. The highest BCUT2D eigenvalue weighted by atomic mass is 35.5. The Balaban J connectivity index is 2.41. The molecule has 1 aromatic heterocycles. The summed E-state index contributed by atoms with van der Waals surface area (Å²) in [4.78, 5) is 4.35. The quantitative estimate of drug-likeness (QED) is 0.873. The average Bonchev–Trinajstić information content (AvgIpc) is 2.42. The van der Waals surface area contributed by atoms with E-state index in [9.17, 15) is 0 Å². The minimum Gasteiger partial charge on any atom is -0.495 e. The number of halogens is 2. The van der Waals surface area contributed by atoms with Crippen LogP contribution >= 0.6 is 23.2 Å². The summed E-state index contributed by atoms with van der Waals surface area (Å²) in [5, 5.41) is 7.00. The molecule has 0 aliphatic heterocycles. The van der Waals surface area contributed by atoms with Gasteiger partial charge in [-0.1, -0.05) is 29.3 Å². The van der Waals surface area contributed by atoms with Gasteiger partial charge in [0.15, 0.2) is 5.82 Å². The van der Waals surface area contributed by atoms with Gasteiger partial charge in [-0.05, 0) is 30.7 Å². The molecule has 0 atom stereocenters. The molecule has 20 heavy (non-hydrogen) atoms. The van der Waals surface area contributed by atoms with Crippen molar-refractivity contribution in [1.29, 1.82) is 0 Å². The summed E-state index contributed by atoms with van der Waals surface area (Å²) in [6.45, 7) is 2.00. The van der Waals surface area contributed by atoms with Crippen LogP contribution in [0.1, 0.15) is 5.56 Å². The second-order valence-corrected chi connectivity index (χ2v) is 5.04. The van der Waals surface area contributed by atoms with Crippen LogP contribution < -0.4 is 15.4 Å². The number of aryl methyl sites for hydroxylation is 1.